The zero-order valence-corrected chi connectivity index (χ0v) is 18.8. The summed E-state index contributed by atoms with van der Waals surface area (Å²) in [5, 5.41) is 10.4. The van der Waals surface area contributed by atoms with Crippen LogP contribution in [0.3, 0.4) is 0 Å². The molecule has 0 bridgehead atoms. The predicted molar refractivity (Wildman–Crippen MR) is 124 cm³/mol. The summed E-state index contributed by atoms with van der Waals surface area (Å²) in [5.74, 6) is -0.524. The van der Waals surface area contributed by atoms with Crippen molar-refractivity contribution in [3.63, 3.8) is 0 Å². The largest absolute Gasteiger partial charge is 0.460 e. The molecule has 0 radical (unpaired) electrons. The van der Waals surface area contributed by atoms with Gasteiger partial charge < -0.3 is 20.1 Å². The molecule has 2 N–H and O–H groups in total. The first kappa shape index (κ1) is 22.3. The topological polar surface area (TPSA) is 94.5 Å². The fourth-order valence-corrected chi connectivity index (χ4v) is 3.74. The number of para-hydroxylation sites is 1. The molecule has 3 aromatic rings. The molecule has 1 atom stereocenters. The van der Waals surface area contributed by atoms with Crippen molar-refractivity contribution in [2.75, 3.05) is 20.3 Å². The minimum absolute atomic E-state index is 0.112. The van der Waals surface area contributed by atoms with Crippen LogP contribution < -0.4 is 10.6 Å². The minimum Gasteiger partial charge on any atom is -0.460 e. The average Bonchev–Trinajstić information content (AvgIpc) is 3.25. The van der Waals surface area contributed by atoms with E-state index in [9.17, 15) is 9.59 Å². The Labute approximate surface area is 192 Å². The molecule has 1 aromatic heterocycles. The Kier molecular flexibility index (Phi) is 6.55. The summed E-state index contributed by atoms with van der Waals surface area (Å²) in [5.41, 5.74) is 4.98. The number of esters is 1. The van der Waals surface area contributed by atoms with Gasteiger partial charge in [0.15, 0.2) is 0 Å². The van der Waals surface area contributed by atoms with Gasteiger partial charge in [0.25, 0.3) is 0 Å². The number of hydrogen-bond donors (Lipinski definition) is 2. The third-order valence-corrected chi connectivity index (χ3v) is 5.41. The molecule has 1 aliphatic heterocycles. The van der Waals surface area contributed by atoms with Gasteiger partial charge in [-0.25, -0.2) is 14.3 Å². The second kappa shape index (κ2) is 9.70. The van der Waals surface area contributed by atoms with E-state index in [0.717, 1.165) is 16.8 Å². The van der Waals surface area contributed by atoms with Gasteiger partial charge in [-0.15, -0.1) is 0 Å². The van der Waals surface area contributed by atoms with Crippen molar-refractivity contribution in [1.29, 1.82) is 0 Å². The average molecular weight is 447 g/mol. The number of aryl methyl sites for hydroxylation is 1. The van der Waals surface area contributed by atoms with Gasteiger partial charge in [0, 0.05) is 30.1 Å². The smallest absolute Gasteiger partial charge is 0.338 e. The highest BCUT2D eigenvalue weighted by atomic mass is 16.6. The van der Waals surface area contributed by atoms with E-state index < -0.39 is 18.0 Å². The van der Waals surface area contributed by atoms with Crippen molar-refractivity contribution >= 4 is 12.0 Å². The SMILES string of the molecule is COCCOC(=O)C1=C(C)NC(=O)NC1c1cn(-c2ccccc2)nc1-c1ccc(C)cc1. The quantitative estimate of drug-likeness (QED) is 0.427. The highest BCUT2D eigenvalue weighted by Crippen LogP contribution is 2.35. The van der Waals surface area contributed by atoms with E-state index in [0.29, 0.717) is 22.5 Å². The van der Waals surface area contributed by atoms with Gasteiger partial charge in [-0.1, -0.05) is 48.0 Å². The van der Waals surface area contributed by atoms with Gasteiger partial charge in [-0.05, 0) is 26.0 Å². The number of amides is 2. The lowest BCUT2D eigenvalue weighted by Gasteiger charge is -2.28. The monoisotopic (exact) mass is 446 g/mol. The first-order valence-electron chi connectivity index (χ1n) is 10.6. The number of hydrogen-bond acceptors (Lipinski definition) is 5. The Balaban J connectivity index is 1.83. The molecule has 33 heavy (non-hydrogen) atoms. The molecule has 4 rings (SSSR count). The minimum atomic E-state index is -0.734. The molecule has 1 aliphatic rings. The van der Waals surface area contributed by atoms with E-state index in [1.165, 1.54) is 7.11 Å². The van der Waals surface area contributed by atoms with Crippen LogP contribution >= 0.6 is 0 Å². The van der Waals surface area contributed by atoms with E-state index in [1.807, 2.05) is 67.7 Å². The normalized spacial score (nSPS) is 15.7. The Morgan fingerprint density at radius 1 is 1.06 bits per heavy atom. The van der Waals surface area contributed by atoms with E-state index >= 15 is 0 Å². The predicted octanol–water partition coefficient (Wildman–Crippen LogP) is 3.67. The molecular weight excluding hydrogens is 420 g/mol. The Bertz CT molecular complexity index is 1180. The molecular formula is C25H26N4O4. The summed E-state index contributed by atoms with van der Waals surface area (Å²) in [6, 6.07) is 16.5. The Morgan fingerprint density at radius 3 is 2.48 bits per heavy atom. The molecule has 0 saturated heterocycles. The van der Waals surface area contributed by atoms with Gasteiger partial charge >= 0.3 is 12.0 Å². The van der Waals surface area contributed by atoms with Crippen LogP contribution in [0.5, 0.6) is 0 Å². The van der Waals surface area contributed by atoms with Crippen LogP contribution in [0.2, 0.25) is 0 Å². The summed E-state index contributed by atoms with van der Waals surface area (Å²) < 4.78 is 12.1. The lowest BCUT2D eigenvalue weighted by Crippen LogP contribution is -2.45. The summed E-state index contributed by atoms with van der Waals surface area (Å²) >= 11 is 0. The van der Waals surface area contributed by atoms with Crippen LogP contribution in [-0.2, 0) is 14.3 Å². The lowest BCUT2D eigenvalue weighted by molar-refractivity contribution is -0.140. The van der Waals surface area contributed by atoms with E-state index in [1.54, 1.807) is 11.6 Å². The van der Waals surface area contributed by atoms with Crippen molar-refractivity contribution in [3.05, 3.63) is 83.2 Å². The Hall–Kier alpha value is -3.91. The van der Waals surface area contributed by atoms with E-state index in [4.69, 9.17) is 14.6 Å². The zero-order valence-electron chi connectivity index (χ0n) is 18.8. The van der Waals surface area contributed by atoms with Gasteiger partial charge in [-0.2, -0.15) is 5.10 Å². The molecule has 8 nitrogen and oxygen atoms in total. The highest BCUT2D eigenvalue weighted by molar-refractivity contribution is 5.95. The number of allylic oxidation sites excluding steroid dienone is 1. The zero-order chi connectivity index (χ0) is 23.4. The maximum atomic E-state index is 13.0. The van der Waals surface area contributed by atoms with Crippen molar-refractivity contribution in [3.8, 4) is 16.9 Å². The van der Waals surface area contributed by atoms with Crippen LogP contribution in [0.4, 0.5) is 4.79 Å². The number of nitrogens with zero attached hydrogens (tertiary/aromatic N) is 2. The number of methoxy groups -OCH3 is 1. The van der Waals surface area contributed by atoms with Crippen molar-refractivity contribution in [2.24, 2.45) is 0 Å². The first-order chi connectivity index (χ1) is 16.0. The van der Waals surface area contributed by atoms with E-state index in [-0.39, 0.29) is 13.2 Å². The number of nitrogens with one attached hydrogen (secondary N) is 2. The molecule has 0 aliphatic carbocycles. The molecule has 0 fully saturated rings. The fourth-order valence-electron chi connectivity index (χ4n) is 3.74. The summed E-state index contributed by atoms with van der Waals surface area (Å²) in [4.78, 5) is 25.4. The van der Waals surface area contributed by atoms with Crippen LogP contribution in [0.1, 0.15) is 24.1 Å². The number of carbonyl (C=O) groups is 2. The number of benzene rings is 2. The van der Waals surface area contributed by atoms with Crippen molar-refractivity contribution < 1.29 is 19.1 Å². The fraction of sp³-hybridized carbons (Fsp3) is 0.240. The number of aromatic nitrogens is 2. The third-order valence-electron chi connectivity index (χ3n) is 5.41. The molecule has 0 spiro atoms. The second-order valence-corrected chi connectivity index (χ2v) is 7.78. The maximum Gasteiger partial charge on any atom is 0.338 e. The molecule has 2 aromatic carbocycles. The number of ether oxygens (including phenoxy) is 2. The van der Waals surface area contributed by atoms with Gasteiger partial charge in [0.2, 0.25) is 0 Å². The van der Waals surface area contributed by atoms with Crippen LogP contribution in [0, 0.1) is 6.92 Å². The molecule has 8 heteroatoms. The molecule has 170 valence electrons. The number of rotatable bonds is 7. The van der Waals surface area contributed by atoms with Crippen molar-refractivity contribution in [1.82, 2.24) is 20.4 Å². The maximum absolute atomic E-state index is 13.0. The number of carbonyl (C=O) groups excluding carboxylic acids is 2. The van der Waals surface area contributed by atoms with Crippen LogP contribution in [-0.4, -0.2) is 42.1 Å². The van der Waals surface area contributed by atoms with Crippen molar-refractivity contribution in [2.45, 2.75) is 19.9 Å². The summed E-state index contributed by atoms with van der Waals surface area (Å²) in [6.07, 6.45) is 1.84. The lowest BCUT2D eigenvalue weighted by atomic mass is 9.93. The van der Waals surface area contributed by atoms with Crippen LogP contribution in [0.25, 0.3) is 16.9 Å². The molecule has 0 saturated carbocycles. The molecule has 1 unspecified atom stereocenters. The van der Waals surface area contributed by atoms with E-state index in [2.05, 4.69) is 10.6 Å². The van der Waals surface area contributed by atoms with Gasteiger partial charge in [-0.3, -0.25) is 0 Å². The Morgan fingerprint density at radius 2 is 1.79 bits per heavy atom. The summed E-state index contributed by atoms with van der Waals surface area (Å²) in [6.45, 7) is 4.09. The highest BCUT2D eigenvalue weighted by Gasteiger charge is 2.35. The van der Waals surface area contributed by atoms with Gasteiger partial charge in [0.1, 0.15) is 6.61 Å². The second-order valence-electron chi connectivity index (χ2n) is 7.78. The van der Waals surface area contributed by atoms with Gasteiger partial charge in [0.05, 0.1) is 29.6 Å². The van der Waals surface area contributed by atoms with Crippen LogP contribution in [0.15, 0.2) is 72.1 Å². The molecule has 2 amide bonds. The summed E-state index contributed by atoms with van der Waals surface area (Å²) in [7, 11) is 1.54. The standard InChI is InChI=1S/C25H26N4O4/c1-16-9-11-18(12-10-16)22-20(15-29(28-22)19-7-5-4-6-8-19)23-21(17(2)26-25(31)27-23)24(30)33-14-13-32-3/h4-12,15,23H,13-14H2,1-3H3,(H2,26,27,31). The number of urea groups is 1. The third kappa shape index (κ3) is 4.80. The first-order valence-corrected chi connectivity index (χ1v) is 10.6. The molecule has 2 heterocycles.